The molecule has 136 valence electrons. The molecule has 7 nitrogen and oxygen atoms in total. The lowest BCUT2D eigenvalue weighted by Crippen LogP contribution is -2.32. The Morgan fingerprint density at radius 3 is 2.42 bits per heavy atom. The van der Waals surface area contributed by atoms with Crippen LogP contribution in [0.15, 0.2) is 47.6 Å². The molecule has 2 amide bonds. The van der Waals surface area contributed by atoms with Crippen LogP contribution in [-0.4, -0.2) is 39.2 Å². The van der Waals surface area contributed by atoms with Gasteiger partial charge in [-0.15, -0.1) is 0 Å². The van der Waals surface area contributed by atoms with Gasteiger partial charge in [0.25, 0.3) is 0 Å². The van der Waals surface area contributed by atoms with E-state index in [9.17, 15) is 9.59 Å². The highest BCUT2D eigenvalue weighted by atomic mass is 35.5. The molecule has 2 aromatic carbocycles. The van der Waals surface area contributed by atoms with Gasteiger partial charge < -0.3 is 15.0 Å². The van der Waals surface area contributed by atoms with Crippen LogP contribution in [-0.2, 0) is 9.59 Å². The fraction of sp³-hybridized carbons (Fsp3) is 0.167. The summed E-state index contributed by atoms with van der Waals surface area (Å²) in [4.78, 5) is 25.8. The number of hydrogen-bond donors (Lipinski definition) is 2. The lowest BCUT2D eigenvalue weighted by Gasteiger charge is -2.11. The van der Waals surface area contributed by atoms with Crippen molar-refractivity contribution in [2.45, 2.75) is 0 Å². The number of anilines is 2. The van der Waals surface area contributed by atoms with E-state index in [0.29, 0.717) is 16.5 Å². The molecule has 26 heavy (non-hydrogen) atoms. The molecule has 2 N–H and O–H groups in total. The van der Waals surface area contributed by atoms with E-state index < -0.39 is 11.8 Å². The van der Waals surface area contributed by atoms with Crippen LogP contribution in [0.1, 0.15) is 5.56 Å². The van der Waals surface area contributed by atoms with Crippen molar-refractivity contribution in [1.29, 1.82) is 0 Å². The van der Waals surface area contributed by atoms with Gasteiger partial charge in [-0.25, -0.2) is 5.43 Å². The summed E-state index contributed by atoms with van der Waals surface area (Å²) in [6.45, 7) is 0. The quantitative estimate of drug-likeness (QED) is 0.478. The minimum atomic E-state index is -0.909. The molecule has 0 aliphatic rings. The van der Waals surface area contributed by atoms with E-state index in [-0.39, 0.29) is 0 Å². The Morgan fingerprint density at radius 2 is 1.81 bits per heavy atom. The first kappa shape index (κ1) is 19.3. The highest BCUT2D eigenvalue weighted by Gasteiger charge is 2.15. The van der Waals surface area contributed by atoms with Crippen molar-refractivity contribution in [3.63, 3.8) is 0 Å². The molecule has 0 aliphatic carbocycles. The molecule has 2 rings (SSSR count). The van der Waals surface area contributed by atoms with Crippen LogP contribution in [0.25, 0.3) is 0 Å². The SMILES string of the molecule is COc1ccc(Cl)cc1NC(=O)C(=O)N/N=C/c1ccc(N(C)C)cc1. The van der Waals surface area contributed by atoms with Crippen molar-refractivity contribution in [2.24, 2.45) is 5.10 Å². The van der Waals surface area contributed by atoms with Crippen molar-refractivity contribution >= 4 is 41.0 Å². The number of carbonyl (C=O) groups is 2. The largest absolute Gasteiger partial charge is 0.495 e. The smallest absolute Gasteiger partial charge is 0.329 e. The van der Waals surface area contributed by atoms with Gasteiger partial charge in [-0.1, -0.05) is 23.7 Å². The first-order valence-electron chi connectivity index (χ1n) is 7.66. The second kappa shape index (κ2) is 8.87. The number of nitrogens with one attached hydrogen (secondary N) is 2. The summed E-state index contributed by atoms with van der Waals surface area (Å²) in [6, 6.07) is 12.2. The zero-order chi connectivity index (χ0) is 19.1. The predicted molar refractivity (Wildman–Crippen MR) is 103 cm³/mol. The van der Waals surface area contributed by atoms with Crippen LogP contribution >= 0.6 is 11.6 Å². The van der Waals surface area contributed by atoms with Crippen LogP contribution in [0.4, 0.5) is 11.4 Å². The topological polar surface area (TPSA) is 83.0 Å². The average molecular weight is 375 g/mol. The van der Waals surface area contributed by atoms with Crippen molar-refractivity contribution < 1.29 is 14.3 Å². The molecular formula is C18H19ClN4O3. The molecule has 0 heterocycles. The van der Waals surface area contributed by atoms with Gasteiger partial charge >= 0.3 is 11.8 Å². The Hall–Kier alpha value is -3.06. The molecule has 2 aromatic rings. The first-order chi connectivity index (χ1) is 12.4. The molecular weight excluding hydrogens is 356 g/mol. The Balaban J connectivity index is 1.95. The number of ether oxygens (including phenoxy) is 1. The lowest BCUT2D eigenvalue weighted by molar-refractivity contribution is -0.136. The van der Waals surface area contributed by atoms with E-state index in [1.165, 1.54) is 19.4 Å². The van der Waals surface area contributed by atoms with Crippen molar-refractivity contribution in [2.75, 3.05) is 31.4 Å². The summed E-state index contributed by atoms with van der Waals surface area (Å²) in [6.07, 6.45) is 1.45. The van der Waals surface area contributed by atoms with E-state index in [1.807, 2.05) is 43.3 Å². The van der Waals surface area contributed by atoms with E-state index in [0.717, 1.165) is 11.3 Å². The highest BCUT2D eigenvalue weighted by Crippen LogP contribution is 2.27. The summed E-state index contributed by atoms with van der Waals surface area (Å²) in [7, 11) is 5.33. The molecule has 0 radical (unpaired) electrons. The standard InChI is InChI=1S/C18H19ClN4O3/c1-23(2)14-7-4-12(5-8-14)11-20-22-18(25)17(24)21-15-10-13(19)6-9-16(15)26-3/h4-11H,1-3H3,(H,21,24)(H,22,25)/b20-11+. The number of benzene rings is 2. The maximum Gasteiger partial charge on any atom is 0.329 e. The van der Waals surface area contributed by atoms with Gasteiger partial charge in [0.2, 0.25) is 0 Å². The third-order valence-corrected chi connectivity index (χ3v) is 3.64. The van der Waals surface area contributed by atoms with E-state index in [4.69, 9.17) is 16.3 Å². The Labute approximate surface area is 156 Å². The normalized spacial score (nSPS) is 10.5. The number of hydrogen-bond acceptors (Lipinski definition) is 5. The van der Waals surface area contributed by atoms with Gasteiger partial charge in [-0.2, -0.15) is 5.10 Å². The van der Waals surface area contributed by atoms with Gasteiger partial charge in [0.15, 0.2) is 0 Å². The molecule has 0 unspecified atom stereocenters. The van der Waals surface area contributed by atoms with Gasteiger partial charge in [0.05, 0.1) is 19.0 Å². The molecule has 0 saturated carbocycles. The Kier molecular flexibility index (Phi) is 6.57. The van der Waals surface area contributed by atoms with Gasteiger partial charge in [-0.3, -0.25) is 9.59 Å². The number of hydrazone groups is 1. The van der Waals surface area contributed by atoms with Crippen LogP contribution in [0.3, 0.4) is 0 Å². The van der Waals surface area contributed by atoms with E-state index in [2.05, 4.69) is 15.8 Å². The summed E-state index contributed by atoms with van der Waals surface area (Å²) in [5.74, 6) is -1.40. The number of nitrogens with zero attached hydrogens (tertiary/aromatic N) is 2. The predicted octanol–water partition coefficient (Wildman–Crippen LogP) is 2.50. The van der Waals surface area contributed by atoms with Crippen LogP contribution in [0.2, 0.25) is 5.02 Å². The number of methoxy groups -OCH3 is 1. The summed E-state index contributed by atoms with van der Waals surface area (Å²) in [5.41, 5.74) is 4.30. The number of halogens is 1. The lowest BCUT2D eigenvalue weighted by atomic mass is 10.2. The second-order valence-electron chi connectivity index (χ2n) is 5.48. The zero-order valence-corrected chi connectivity index (χ0v) is 15.4. The molecule has 0 aromatic heterocycles. The highest BCUT2D eigenvalue weighted by molar-refractivity contribution is 6.40. The van der Waals surface area contributed by atoms with Crippen LogP contribution in [0.5, 0.6) is 5.75 Å². The first-order valence-corrected chi connectivity index (χ1v) is 8.04. The molecule has 8 heteroatoms. The fourth-order valence-electron chi connectivity index (χ4n) is 2.03. The van der Waals surface area contributed by atoms with E-state index >= 15 is 0 Å². The Bertz CT molecular complexity index is 820. The fourth-order valence-corrected chi connectivity index (χ4v) is 2.20. The minimum Gasteiger partial charge on any atom is -0.495 e. The number of carbonyl (C=O) groups excluding carboxylic acids is 2. The second-order valence-corrected chi connectivity index (χ2v) is 5.92. The maximum atomic E-state index is 12.0. The van der Waals surface area contributed by atoms with Gasteiger partial charge in [-0.05, 0) is 35.9 Å². The molecule has 0 bridgehead atoms. The third kappa shape index (κ3) is 5.22. The molecule has 0 fully saturated rings. The van der Waals surface area contributed by atoms with Gasteiger partial charge in [0, 0.05) is 24.8 Å². The number of amides is 2. The third-order valence-electron chi connectivity index (χ3n) is 3.41. The molecule has 0 atom stereocenters. The summed E-state index contributed by atoms with van der Waals surface area (Å²) < 4.78 is 5.11. The van der Waals surface area contributed by atoms with Crippen molar-refractivity contribution in [3.05, 3.63) is 53.1 Å². The zero-order valence-electron chi connectivity index (χ0n) is 14.6. The minimum absolute atomic E-state index is 0.295. The van der Waals surface area contributed by atoms with Crippen LogP contribution < -0.4 is 20.4 Å². The van der Waals surface area contributed by atoms with Crippen molar-refractivity contribution in [1.82, 2.24) is 5.43 Å². The molecule has 0 saturated heterocycles. The summed E-state index contributed by atoms with van der Waals surface area (Å²) in [5, 5.41) is 6.62. The number of rotatable bonds is 5. The Morgan fingerprint density at radius 1 is 1.12 bits per heavy atom. The van der Waals surface area contributed by atoms with Gasteiger partial charge in [0.1, 0.15) is 5.75 Å². The molecule has 0 spiro atoms. The van der Waals surface area contributed by atoms with E-state index in [1.54, 1.807) is 12.1 Å². The molecule has 0 aliphatic heterocycles. The summed E-state index contributed by atoms with van der Waals surface area (Å²) >= 11 is 5.88. The monoisotopic (exact) mass is 374 g/mol. The average Bonchev–Trinajstić information content (AvgIpc) is 2.62. The maximum absolute atomic E-state index is 12.0. The van der Waals surface area contributed by atoms with Crippen LogP contribution in [0, 0.1) is 0 Å². The van der Waals surface area contributed by atoms with Crippen molar-refractivity contribution in [3.8, 4) is 5.75 Å².